The molecule has 0 spiro atoms. The number of hydrogen-bond donors (Lipinski definition) is 1. The minimum atomic E-state index is -0.141. The molecule has 1 amide bonds. The highest BCUT2D eigenvalue weighted by Crippen LogP contribution is 2.28. The molecule has 0 saturated carbocycles. The van der Waals surface area contributed by atoms with Crippen molar-refractivity contribution in [3.63, 3.8) is 0 Å². The summed E-state index contributed by atoms with van der Waals surface area (Å²) in [5.74, 6) is 0.394. The SMILES string of the molecule is CC(=O)Nc1cc(-c2cc(C)nc(-c3cnccc3C)c2)ccn1. The molecule has 0 aromatic carbocycles. The van der Waals surface area contributed by atoms with Crippen LogP contribution in [0.3, 0.4) is 0 Å². The average Bonchev–Trinajstić information content (AvgIpc) is 2.54. The second-order valence-corrected chi connectivity index (χ2v) is 5.68. The molecule has 3 heterocycles. The van der Waals surface area contributed by atoms with Crippen molar-refractivity contribution in [1.82, 2.24) is 15.0 Å². The number of amides is 1. The van der Waals surface area contributed by atoms with E-state index >= 15 is 0 Å². The molecule has 24 heavy (non-hydrogen) atoms. The van der Waals surface area contributed by atoms with Crippen LogP contribution >= 0.6 is 0 Å². The molecule has 0 aliphatic rings. The zero-order valence-electron chi connectivity index (χ0n) is 13.9. The molecule has 0 aliphatic carbocycles. The molecule has 3 aromatic heterocycles. The standard InChI is InChI=1S/C19H18N4O/c1-12-4-6-20-11-17(12)18-9-16(8-13(2)22-18)15-5-7-21-19(10-15)23-14(3)24/h4-11H,1-3H3,(H,21,23,24). The van der Waals surface area contributed by atoms with Crippen molar-refractivity contribution < 1.29 is 4.79 Å². The van der Waals surface area contributed by atoms with Gasteiger partial charge in [0.2, 0.25) is 5.91 Å². The number of aromatic nitrogens is 3. The lowest BCUT2D eigenvalue weighted by molar-refractivity contribution is -0.114. The summed E-state index contributed by atoms with van der Waals surface area (Å²) >= 11 is 0. The molecule has 0 aliphatic heterocycles. The van der Waals surface area contributed by atoms with E-state index in [0.717, 1.165) is 33.6 Å². The van der Waals surface area contributed by atoms with Gasteiger partial charge in [-0.15, -0.1) is 0 Å². The van der Waals surface area contributed by atoms with Crippen molar-refractivity contribution in [2.24, 2.45) is 0 Å². The van der Waals surface area contributed by atoms with Crippen LogP contribution in [0, 0.1) is 13.8 Å². The Labute approximate surface area is 140 Å². The summed E-state index contributed by atoms with van der Waals surface area (Å²) in [7, 11) is 0. The van der Waals surface area contributed by atoms with E-state index in [1.807, 2.05) is 50.4 Å². The fourth-order valence-electron chi connectivity index (χ4n) is 2.56. The molecule has 0 saturated heterocycles. The lowest BCUT2D eigenvalue weighted by atomic mass is 10.0. The first-order valence-corrected chi connectivity index (χ1v) is 7.66. The molecule has 3 aromatic rings. The lowest BCUT2D eigenvalue weighted by Gasteiger charge is -2.10. The van der Waals surface area contributed by atoms with Gasteiger partial charge in [0.25, 0.3) is 0 Å². The van der Waals surface area contributed by atoms with E-state index in [1.165, 1.54) is 6.92 Å². The Hall–Kier alpha value is -3.08. The summed E-state index contributed by atoms with van der Waals surface area (Å²) in [5.41, 5.74) is 5.94. The second-order valence-electron chi connectivity index (χ2n) is 5.68. The summed E-state index contributed by atoms with van der Waals surface area (Å²) in [6.07, 6.45) is 5.29. The Kier molecular flexibility index (Phi) is 4.33. The van der Waals surface area contributed by atoms with Gasteiger partial charge in [-0.2, -0.15) is 0 Å². The van der Waals surface area contributed by atoms with Gasteiger partial charge >= 0.3 is 0 Å². The fourth-order valence-corrected chi connectivity index (χ4v) is 2.56. The first kappa shape index (κ1) is 15.8. The number of carbonyl (C=O) groups is 1. The van der Waals surface area contributed by atoms with Gasteiger partial charge < -0.3 is 5.32 Å². The number of nitrogens with zero attached hydrogens (tertiary/aromatic N) is 3. The van der Waals surface area contributed by atoms with Crippen molar-refractivity contribution >= 4 is 11.7 Å². The van der Waals surface area contributed by atoms with Crippen LogP contribution in [0.25, 0.3) is 22.4 Å². The maximum Gasteiger partial charge on any atom is 0.222 e. The minimum Gasteiger partial charge on any atom is -0.311 e. The summed E-state index contributed by atoms with van der Waals surface area (Å²) in [5, 5.41) is 2.71. The maximum absolute atomic E-state index is 11.2. The molecule has 5 heteroatoms. The summed E-state index contributed by atoms with van der Waals surface area (Å²) in [4.78, 5) is 24.2. The number of pyridine rings is 3. The Balaban J connectivity index is 2.07. The van der Waals surface area contributed by atoms with Gasteiger partial charge in [0.15, 0.2) is 0 Å². The topological polar surface area (TPSA) is 67.8 Å². The fraction of sp³-hybridized carbons (Fsp3) is 0.158. The van der Waals surface area contributed by atoms with Crippen LogP contribution in [0.1, 0.15) is 18.2 Å². The third kappa shape index (κ3) is 3.46. The van der Waals surface area contributed by atoms with Crippen molar-refractivity contribution in [3.05, 3.63) is 60.2 Å². The van der Waals surface area contributed by atoms with Crippen LogP contribution in [0.15, 0.2) is 48.9 Å². The number of hydrogen-bond acceptors (Lipinski definition) is 4. The van der Waals surface area contributed by atoms with Crippen molar-refractivity contribution in [3.8, 4) is 22.4 Å². The minimum absolute atomic E-state index is 0.141. The van der Waals surface area contributed by atoms with Crippen LogP contribution in [0.5, 0.6) is 0 Å². The summed E-state index contributed by atoms with van der Waals surface area (Å²) in [6.45, 7) is 5.48. The first-order chi connectivity index (χ1) is 11.5. The number of carbonyl (C=O) groups excluding carboxylic acids is 1. The average molecular weight is 318 g/mol. The molecule has 120 valence electrons. The van der Waals surface area contributed by atoms with Gasteiger partial charge in [0.05, 0.1) is 5.69 Å². The van der Waals surface area contributed by atoms with Crippen molar-refractivity contribution in [2.75, 3.05) is 5.32 Å². The lowest BCUT2D eigenvalue weighted by Crippen LogP contribution is -2.07. The van der Waals surface area contributed by atoms with E-state index in [-0.39, 0.29) is 5.91 Å². The highest BCUT2D eigenvalue weighted by Gasteiger charge is 2.08. The van der Waals surface area contributed by atoms with Crippen LogP contribution in [-0.2, 0) is 4.79 Å². The quantitative estimate of drug-likeness (QED) is 0.798. The third-order valence-corrected chi connectivity index (χ3v) is 3.67. The van der Waals surface area contributed by atoms with Crippen LogP contribution in [-0.4, -0.2) is 20.9 Å². The predicted octanol–water partition coefficient (Wildman–Crippen LogP) is 3.78. The highest BCUT2D eigenvalue weighted by molar-refractivity contribution is 5.88. The molecule has 0 unspecified atom stereocenters. The smallest absolute Gasteiger partial charge is 0.222 e. The van der Waals surface area contributed by atoms with E-state index < -0.39 is 0 Å². The molecule has 0 atom stereocenters. The van der Waals surface area contributed by atoms with E-state index in [0.29, 0.717) is 5.82 Å². The van der Waals surface area contributed by atoms with E-state index in [4.69, 9.17) is 0 Å². The largest absolute Gasteiger partial charge is 0.311 e. The number of aryl methyl sites for hydroxylation is 2. The molecule has 5 nitrogen and oxygen atoms in total. The van der Waals surface area contributed by atoms with Crippen molar-refractivity contribution in [1.29, 1.82) is 0 Å². The summed E-state index contributed by atoms with van der Waals surface area (Å²) in [6, 6.07) is 9.79. The van der Waals surface area contributed by atoms with Crippen LogP contribution in [0.2, 0.25) is 0 Å². The van der Waals surface area contributed by atoms with Gasteiger partial charge in [-0.3, -0.25) is 14.8 Å². The number of rotatable bonds is 3. The van der Waals surface area contributed by atoms with E-state index in [9.17, 15) is 4.79 Å². The van der Waals surface area contributed by atoms with Gasteiger partial charge in [0.1, 0.15) is 5.82 Å². The monoisotopic (exact) mass is 318 g/mol. The molecule has 0 fully saturated rings. The van der Waals surface area contributed by atoms with Gasteiger partial charge in [0, 0.05) is 36.8 Å². The predicted molar refractivity (Wildman–Crippen MR) is 94.5 cm³/mol. The third-order valence-electron chi connectivity index (χ3n) is 3.67. The molecule has 1 N–H and O–H groups in total. The number of nitrogens with one attached hydrogen (secondary N) is 1. The molecule has 0 bridgehead atoms. The van der Waals surface area contributed by atoms with Gasteiger partial charge in [-0.05, 0) is 60.9 Å². The number of anilines is 1. The molecule has 0 radical (unpaired) electrons. The van der Waals surface area contributed by atoms with Crippen LogP contribution in [0.4, 0.5) is 5.82 Å². The van der Waals surface area contributed by atoms with E-state index in [2.05, 4.69) is 20.3 Å². The highest BCUT2D eigenvalue weighted by atomic mass is 16.1. The van der Waals surface area contributed by atoms with Crippen LogP contribution < -0.4 is 5.32 Å². The summed E-state index contributed by atoms with van der Waals surface area (Å²) < 4.78 is 0. The molecule has 3 rings (SSSR count). The Morgan fingerprint density at radius 1 is 1.04 bits per heavy atom. The molecular weight excluding hydrogens is 300 g/mol. The van der Waals surface area contributed by atoms with E-state index in [1.54, 1.807) is 12.4 Å². The zero-order valence-corrected chi connectivity index (χ0v) is 13.9. The first-order valence-electron chi connectivity index (χ1n) is 7.66. The molecular formula is C19H18N4O. The Morgan fingerprint density at radius 2 is 1.88 bits per heavy atom. The Morgan fingerprint density at radius 3 is 2.62 bits per heavy atom. The maximum atomic E-state index is 11.2. The van der Waals surface area contributed by atoms with Gasteiger partial charge in [-0.1, -0.05) is 0 Å². The van der Waals surface area contributed by atoms with Gasteiger partial charge in [-0.25, -0.2) is 4.98 Å². The zero-order chi connectivity index (χ0) is 17.1. The Bertz CT molecular complexity index is 905. The van der Waals surface area contributed by atoms with Crippen molar-refractivity contribution in [2.45, 2.75) is 20.8 Å². The normalized spacial score (nSPS) is 10.5. The second kappa shape index (κ2) is 6.58.